The Labute approximate surface area is 122 Å². The summed E-state index contributed by atoms with van der Waals surface area (Å²) in [6.07, 6.45) is 4.32. The fourth-order valence-electron chi connectivity index (χ4n) is 2.86. The van der Waals surface area contributed by atoms with E-state index in [-0.39, 0.29) is 6.10 Å². The van der Waals surface area contributed by atoms with Gasteiger partial charge in [0.05, 0.1) is 6.10 Å². The second-order valence-corrected chi connectivity index (χ2v) is 6.44. The van der Waals surface area contributed by atoms with Gasteiger partial charge < -0.3 is 15.0 Å². The van der Waals surface area contributed by atoms with Crippen molar-refractivity contribution in [3.8, 4) is 5.75 Å². The lowest BCUT2D eigenvalue weighted by Crippen LogP contribution is -2.27. The van der Waals surface area contributed by atoms with Crippen molar-refractivity contribution < 1.29 is 4.74 Å². The van der Waals surface area contributed by atoms with E-state index in [2.05, 4.69) is 48.3 Å². The zero-order valence-corrected chi connectivity index (χ0v) is 12.6. The van der Waals surface area contributed by atoms with Gasteiger partial charge in [0, 0.05) is 24.8 Å². The molecular formula is C17H26N2O. The van der Waals surface area contributed by atoms with Crippen LogP contribution in [-0.4, -0.2) is 31.8 Å². The summed E-state index contributed by atoms with van der Waals surface area (Å²) in [7, 11) is 0. The Kier molecular flexibility index (Phi) is 4.16. The fourth-order valence-corrected chi connectivity index (χ4v) is 2.86. The molecule has 20 heavy (non-hydrogen) atoms. The zero-order valence-electron chi connectivity index (χ0n) is 12.6. The Hall–Kier alpha value is -1.22. The Morgan fingerprint density at radius 1 is 1.20 bits per heavy atom. The molecule has 1 saturated heterocycles. The van der Waals surface area contributed by atoms with Gasteiger partial charge in [-0.05, 0) is 69.8 Å². The van der Waals surface area contributed by atoms with Crippen LogP contribution in [0.1, 0.15) is 33.1 Å². The highest BCUT2D eigenvalue weighted by Gasteiger charge is 2.26. The first kappa shape index (κ1) is 13.7. The molecule has 2 fully saturated rings. The summed E-state index contributed by atoms with van der Waals surface area (Å²) in [4.78, 5) is 2.50. The van der Waals surface area contributed by atoms with Crippen LogP contribution in [-0.2, 0) is 0 Å². The molecule has 1 saturated carbocycles. The van der Waals surface area contributed by atoms with Crippen LogP contribution in [0.3, 0.4) is 0 Å². The van der Waals surface area contributed by atoms with Crippen molar-refractivity contribution in [2.75, 3.05) is 24.5 Å². The van der Waals surface area contributed by atoms with E-state index in [1.54, 1.807) is 0 Å². The first-order valence-electron chi connectivity index (χ1n) is 7.96. The maximum absolute atomic E-state index is 5.70. The monoisotopic (exact) mass is 274 g/mol. The minimum atomic E-state index is 0.241. The molecular weight excluding hydrogens is 248 g/mol. The molecule has 1 aromatic rings. The minimum absolute atomic E-state index is 0.241. The van der Waals surface area contributed by atoms with Crippen molar-refractivity contribution in [3.05, 3.63) is 24.3 Å². The number of rotatable bonds is 6. The summed E-state index contributed by atoms with van der Waals surface area (Å²) >= 11 is 0. The SMILES string of the molecule is CC(C)Oc1ccc(N2CCC(CNC3CC3)C2)cc1. The van der Waals surface area contributed by atoms with Crippen molar-refractivity contribution >= 4 is 5.69 Å². The lowest BCUT2D eigenvalue weighted by atomic mass is 10.1. The fraction of sp³-hybridized carbons (Fsp3) is 0.647. The van der Waals surface area contributed by atoms with E-state index in [9.17, 15) is 0 Å². The van der Waals surface area contributed by atoms with Gasteiger partial charge in [-0.15, -0.1) is 0 Å². The van der Waals surface area contributed by atoms with Gasteiger partial charge in [0.15, 0.2) is 0 Å². The molecule has 1 aliphatic heterocycles. The van der Waals surface area contributed by atoms with Crippen LogP contribution in [0.25, 0.3) is 0 Å². The number of ether oxygens (including phenoxy) is 1. The topological polar surface area (TPSA) is 24.5 Å². The van der Waals surface area contributed by atoms with Gasteiger partial charge >= 0.3 is 0 Å². The van der Waals surface area contributed by atoms with Crippen molar-refractivity contribution in [2.45, 2.75) is 45.3 Å². The van der Waals surface area contributed by atoms with Gasteiger partial charge in [-0.25, -0.2) is 0 Å². The van der Waals surface area contributed by atoms with Gasteiger partial charge in [0.2, 0.25) is 0 Å². The van der Waals surface area contributed by atoms with Crippen LogP contribution in [0.4, 0.5) is 5.69 Å². The lowest BCUT2D eigenvalue weighted by Gasteiger charge is -2.19. The second-order valence-electron chi connectivity index (χ2n) is 6.44. The zero-order chi connectivity index (χ0) is 13.9. The third kappa shape index (κ3) is 3.66. The number of anilines is 1. The van der Waals surface area contributed by atoms with Gasteiger partial charge in [-0.1, -0.05) is 0 Å². The summed E-state index contributed by atoms with van der Waals surface area (Å²) in [6, 6.07) is 9.38. The van der Waals surface area contributed by atoms with E-state index in [1.165, 1.54) is 44.6 Å². The average Bonchev–Trinajstić information content (AvgIpc) is 3.14. The third-order valence-corrected chi connectivity index (χ3v) is 4.13. The summed E-state index contributed by atoms with van der Waals surface area (Å²) in [5.74, 6) is 1.78. The van der Waals surface area contributed by atoms with E-state index in [0.29, 0.717) is 0 Å². The van der Waals surface area contributed by atoms with E-state index in [4.69, 9.17) is 4.74 Å². The molecule has 3 heteroatoms. The molecule has 0 amide bonds. The first-order valence-corrected chi connectivity index (χ1v) is 7.96. The molecule has 2 aliphatic rings. The Balaban J connectivity index is 1.51. The number of nitrogens with zero attached hydrogens (tertiary/aromatic N) is 1. The van der Waals surface area contributed by atoms with Crippen molar-refractivity contribution in [3.63, 3.8) is 0 Å². The number of hydrogen-bond acceptors (Lipinski definition) is 3. The molecule has 3 rings (SSSR count). The van der Waals surface area contributed by atoms with E-state index in [0.717, 1.165) is 17.7 Å². The third-order valence-electron chi connectivity index (χ3n) is 4.13. The molecule has 0 bridgehead atoms. The second kappa shape index (κ2) is 6.04. The quantitative estimate of drug-likeness (QED) is 0.863. The Morgan fingerprint density at radius 3 is 2.60 bits per heavy atom. The largest absolute Gasteiger partial charge is 0.491 e. The van der Waals surface area contributed by atoms with Crippen LogP contribution in [0.5, 0.6) is 5.75 Å². The molecule has 0 spiro atoms. The molecule has 1 atom stereocenters. The van der Waals surface area contributed by atoms with Crippen LogP contribution in [0.15, 0.2) is 24.3 Å². The minimum Gasteiger partial charge on any atom is -0.491 e. The molecule has 0 radical (unpaired) electrons. The highest BCUT2D eigenvalue weighted by Crippen LogP contribution is 2.27. The molecule has 1 aromatic carbocycles. The highest BCUT2D eigenvalue weighted by molar-refractivity contribution is 5.49. The predicted octanol–water partition coefficient (Wildman–Crippen LogP) is 3.05. The normalized spacial score (nSPS) is 22.6. The van der Waals surface area contributed by atoms with E-state index in [1.807, 2.05) is 0 Å². The van der Waals surface area contributed by atoms with Gasteiger partial charge in [0.25, 0.3) is 0 Å². The van der Waals surface area contributed by atoms with Crippen LogP contribution < -0.4 is 15.0 Å². The van der Waals surface area contributed by atoms with Crippen LogP contribution in [0, 0.1) is 5.92 Å². The van der Waals surface area contributed by atoms with E-state index >= 15 is 0 Å². The van der Waals surface area contributed by atoms with Gasteiger partial charge in [-0.2, -0.15) is 0 Å². The Morgan fingerprint density at radius 2 is 1.95 bits per heavy atom. The van der Waals surface area contributed by atoms with Crippen molar-refractivity contribution in [2.24, 2.45) is 5.92 Å². The molecule has 0 aromatic heterocycles. The highest BCUT2D eigenvalue weighted by atomic mass is 16.5. The smallest absolute Gasteiger partial charge is 0.119 e. The van der Waals surface area contributed by atoms with Gasteiger partial charge in [0.1, 0.15) is 5.75 Å². The van der Waals surface area contributed by atoms with Crippen molar-refractivity contribution in [1.82, 2.24) is 5.32 Å². The molecule has 1 heterocycles. The molecule has 110 valence electrons. The molecule has 1 N–H and O–H groups in total. The molecule has 1 aliphatic carbocycles. The van der Waals surface area contributed by atoms with Crippen LogP contribution >= 0.6 is 0 Å². The van der Waals surface area contributed by atoms with Crippen LogP contribution in [0.2, 0.25) is 0 Å². The first-order chi connectivity index (χ1) is 9.70. The standard InChI is InChI=1S/C17H26N2O/c1-13(2)20-17-7-5-16(6-8-17)19-10-9-14(12-19)11-18-15-3-4-15/h5-8,13-15,18H,3-4,9-12H2,1-2H3. The molecule has 1 unspecified atom stereocenters. The number of hydrogen-bond donors (Lipinski definition) is 1. The lowest BCUT2D eigenvalue weighted by molar-refractivity contribution is 0.242. The maximum Gasteiger partial charge on any atom is 0.119 e. The summed E-state index contributed by atoms with van der Waals surface area (Å²) in [5.41, 5.74) is 1.33. The van der Waals surface area contributed by atoms with E-state index < -0.39 is 0 Å². The maximum atomic E-state index is 5.70. The van der Waals surface area contributed by atoms with Gasteiger partial charge in [-0.3, -0.25) is 0 Å². The number of nitrogens with one attached hydrogen (secondary N) is 1. The predicted molar refractivity (Wildman–Crippen MR) is 83.6 cm³/mol. The van der Waals surface area contributed by atoms with Crippen molar-refractivity contribution in [1.29, 1.82) is 0 Å². The summed E-state index contributed by atoms with van der Waals surface area (Å²) in [5, 5.41) is 3.65. The number of benzene rings is 1. The summed E-state index contributed by atoms with van der Waals surface area (Å²) in [6.45, 7) is 7.68. The average molecular weight is 274 g/mol. The summed E-state index contributed by atoms with van der Waals surface area (Å²) < 4.78 is 5.70. The Bertz CT molecular complexity index is 425. The molecule has 3 nitrogen and oxygen atoms in total.